The van der Waals surface area contributed by atoms with Crippen molar-refractivity contribution in [3.8, 4) is 0 Å². The Labute approximate surface area is 124 Å². The summed E-state index contributed by atoms with van der Waals surface area (Å²) in [4.78, 5) is 11.4. The van der Waals surface area contributed by atoms with Crippen LogP contribution in [0.15, 0.2) is 47.1 Å². The number of amides is 1. The highest BCUT2D eigenvalue weighted by molar-refractivity contribution is 5.91. The van der Waals surface area contributed by atoms with Gasteiger partial charge in [-0.05, 0) is 43.3 Å². The van der Waals surface area contributed by atoms with Crippen LogP contribution in [0.2, 0.25) is 0 Å². The minimum absolute atomic E-state index is 0.0557. The molecule has 1 unspecified atom stereocenters. The number of carbonyl (C=O) groups is 1. The van der Waals surface area contributed by atoms with Gasteiger partial charge in [-0.1, -0.05) is 0 Å². The third kappa shape index (κ3) is 4.96. The van der Waals surface area contributed by atoms with E-state index in [0.29, 0.717) is 0 Å². The van der Waals surface area contributed by atoms with Gasteiger partial charge in [0.1, 0.15) is 12.4 Å². The molecule has 21 heavy (non-hydrogen) atoms. The molecule has 0 fully saturated rings. The van der Waals surface area contributed by atoms with Crippen molar-refractivity contribution < 1.29 is 13.9 Å². The van der Waals surface area contributed by atoms with Gasteiger partial charge in [0.2, 0.25) is 5.91 Å². The third-order valence-corrected chi connectivity index (χ3v) is 2.94. The Bertz CT molecular complexity index is 549. The molecule has 2 aromatic rings. The summed E-state index contributed by atoms with van der Waals surface area (Å²) in [7, 11) is 1.49. The number of hydrogen-bond acceptors (Lipinski definition) is 4. The standard InChI is InChI=1S/C16H20N2O3/c1-12(10-15-4-3-9-21-15)17-13-5-7-14(8-6-13)18-16(19)11-20-2/h3-9,12,17H,10-11H2,1-2H3,(H,18,19). The summed E-state index contributed by atoms with van der Waals surface area (Å²) in [5, 5.41) is 6.14. The fourth-order valence-corrected chi connectivity index (χ4v) is 2.04. The lowest BCUT2D eigenvalue weighted by molar-refractivity contribution is -0.119. The average molecular weight is 288 g/mol. The number of furan rings is 1. The first kappa shape index (κ1) is 15.1. The number of rotatable bonds is 7. The van der Waals surface area contributed by atoms with Crippen LogP contribution in [0.1, 0.15) is 12.7 Å². The summed E-state index contributed by atoms with van der Waals surface area (Å²) in [6.07, 6.45) is 2.50. The lowest BCUT2D eigenvalue weighted by Crippen LogP contribution is -2.18. The fourth-order valence-electron chi connectivity index (χ4n) is 2.04. The third-order valence-electron chi connectivity index (χ3n) is 2.94. The molecule has 0 saturated carbocycles. The predicted octanol–water partition coefficient (Wildman–Crippen LogP) is 2.91. The van der Waals surface area contributed by atoms with Gasteiger partial charge in [-0.25, -0.2) is 0 Å². The molecule has 5 nitrogen and oxygen atoms in total. The summed E-state index contributed by atoms with van der Waals surface area (Å²) in [6.45, 7) is 2.15. The molecular weight excluding hydrogens is 268 g/mol. The maximum atomic E-state index is 11.4. The van der Waals surface area contributed by atoms with E-state index in [-0.39, 0.29) is 18.6 Å². The highest BCUT2D eigenvalue weighted by Crippen LogP contribution is 2.15. The van der Waals surface area contributed by atoms with Gasteiger partial charge >= 0.3 is 0 Å². The molecule has 0 radical (unpaired) electrons. The second-order valence-corrected chi connectivity index (χ2v) is 4.89. The highest BCUT2D eigenvalue weighted by atomic mass is 16.5. The summed E-state index contributed by atoms with van der Waals surface area (Å²) in [5.74, 6) is 0.794. The molecular formula is C16H20N2O3. The molecule has 112 valence electrons. The first-order chi connectivity index (χ1) is 10.2. The monoisotopic (exact) mass is 288 g/mol. The molecule has 2 rings (SSSR count). The van der Waals surface area contributed by atoms with Crippen LogP contribution in [0.3, 0.4) is 0 Å². The maximum Gasteiger partial charge on any atom is 0.250 e. The smallest absolute Gasteiger partial charge is 0.250 e. The van der Waals surface area contributed by atoms with Gasteiger partial charge in [0, 0.05) is 30.9 Å². The second kappa shape index (κ2) is 7.50. The molecule has 5 heteroatoms. The second-order valence-electron chi connectivity index (χ2n) is 4.89. The van der Waals surface area contributed by atoms with Crippen molar-refractivity contribution in [3.05, 3.63) is 48.4 Å². The largest absolute Gasteiger partial charge is 0.469 e. The van der Waals surface area contributed by atoms with E-state index in [4.69, 9.17) is 9.15 Å². The normalized spacial score (nSPS) is 11.9. The minimum atomic E-state index is -0.163. The topological polar surface area (TPSA) is 63.5 Å². The molecule has 1 aromatic carbocycles. The van der Waals surface area contributed by atoms with Crippen LogP contribution in [0.5, 0.6) is 0 Å². The number of carbonyl (C=O) groups excluding carboxylic acids is 1. The zero-order valence-corrected chi connectivity index (χ0v) is 12.3. The number of ether oxygens (including phenoxy) is 1. The number of hydrogen-bond donors (Lipinski definition) is 2. The van der Waals surface area contributed by atoms with E-state index < -0.39 is 0 Å². The zero-order valence-electron chi connectivity index (χ0n) is 12.3. The van der Waals surface area contributed by atoms with Crippen molar-refractivity contribution in [1.82, 2.24) is 0 Å². The van der Waals surface area contributed by atoms with Gasteiger partial charge in [0.25, 0.3) is 0 Å². The molecule has 0 aliphatic carbocycles. The zero-order chi connectivity index (χ0) is 15.1. The first-order valence-electron chi connectivity index (χ1n) is 6.85. The van der Waals surface area contributed by atoms with Gasteiger partial charge in [0.05, 0.1) is 6.26 Å². The van der Waals surface area contributed by atoms with Crippen molar-refractivity contribution in [3.63, 3.8) is 0 Å². The molecule has 1 aromatic heterocycles. The van der Waals surface area contributed by atoms with E-state index in [0.717, 1.165) is 23.6 Å². The van der Waals surface area contributed by atoms with Crippen LogP contribution >= 0.6 is 0 Å². The molecule has 0 aliphatic rings. The number of anilines is 2. The summed E-state index contributed by atoms with van der Waals surface area (Å²) >= 11 is 0. The molecule has 0 saturated heterocycles. The van der Waals surface area contributed by atoms with E-state index in [1.165, 1.54) is 7.11 Å². The van der Waals surface area contributed by atoms with Gasteiger partial charge in [-0.2, -0.15) is 0 Å². The van der Waals surface area contributed by atoms with Gasteiger partial charge < -0.3 is 19.8 Å². The predicted molar refractivity (Wildman–Crippen MR) is 82.4 cm³/mol. The Hall–Kier alpha value is -2.27. The lowest BCUT2D eigenvalue weighted by atomic mass is 10.2. The molecule has 0 spiro atoms. The number of methoxy groups -OCH3 is 1. The average Bonchev–Trinajstić information content (AvgIpc) is 2.94. The van der Waals surface area contributed by atoms with Crippen molar-refractivity contribution in [2.24, 2.45) is 0 Å². The van der Waals surface area contributed by atoms with Crippen molar-refractivity contribution >= 4 is 17.3 Å². The molecule has 1 amide bonds. The van der Waals surface area contributed by atoms with E-state index in [1.54, 1.807) is 6.26 Å². The first-order valence-corrected chi connectivity index (χ1v) is 6.85. The van der Waals surface area contributed by atoms with E-state index >= 15 is 0 Å². The Morgan fingerprint density at radius 3 is 2.57 bits per heavy atom. The van der Waals surface area contributed by atoms with Crippen LogP contribution in [0.4, 0.5) is 11.4 Å². The molecule has 2 N–H and O–H groups in total. The Morgan fingerprint density at radius 2 is 1.95 bits per heavy atom. The summed E-state index contributed by atoms with van der Waals surface area (Å²) in [6, 6.07) is 11.7. The summed E-state index contributed by atoms with van der Waals surface area (Å²) < 4.78 is 10.1. The van der Waals surface area contributed by atoms with Gasteiger partial charge in [0.15, 0.2) is 0 Å². The molecule has 0 bridgehead atoms. The number of benzene rings is 1. The van der Waals surface area contributed by atoms with Gasteiger partial charge in [-0.3, -0.25) is 4.79 Å². The number of nitrogens with one attached hydrogen (secondary N) is 2. The Balaban J connectivity index is 1.85. The Morgan fingerprint density at radius 1 is 1.24 bits per heavy atom. The molecule has 0 aliphatic heterocycles. The van der Waals surface area contributed by atoms with E-state index in [1.807, 2.05) is 36.4 Å². The van der Waals surface area contributed by atoms with Gasteiger partial charge in [-0.15, -0.1) is 0 Å². The summed E-state index contributed by atoms with van der Waals surface area (Å²) in [5.41, 5.74) is 1.75. The van der Waals surface area contributed by atoms with Crippen LogP contribution in [-0.2, 0) is 16.0 Å². The Kier molecular flexibility index (Phi) is 5.40. The molecule has 1 heterocycles. The highest BCUT2D eigenvalue weighted by Gasteiger charge is 2.06. The van der Waals surface area contributed by atoms with Crippen LogP contribution in [0.25, 0.3) is 0 Å². The maximum absolute atomic E-state index is 11.4. The van der Waals surface area contributed by atoms with Crippen LogP contribution in [0, 0.1) is 0 Å². The quantitative estimate of drug-likeness (QED) is 0.822. The van der Waals surface area contributed by atoms with Crippen molar-refractivity contribution in [1.29, 1.82) is 0 Å². The molecule has 1 atom stereocenters. The van der Waals surface area contributed by atoms with Crippen molar-refractivity contribution in [2.75, 3.05) is 24.4 Å². The van der Waals surface area contributed by atoms with Crippen LogP contribution in [-0.4, -0.2) is 25.7 Å². The van der Waals surface area contributed by atoms with E-state index in [2.05, 4.69) is 17.6 Å². The lowest BCUT2D eigenvalue weighted by Gasteiger charge is -2.14. The van der Waals surface area contributed by atoms with E-state index in [9.17, 15) is 4.79 Å². The van der Waals surface area contributed by atoms with Crippen molar-refractivity contribution in [2.45, 2.75) is 19.4 Å². The van der Waals surface area contributed by atoms with Crippen LogP contribution < -0.4 is 10.6 Å². The minimum Gasteiger partial charge on any atom is -0.469 e. The fraction of sp³-hybridized carbons (Fsp3) is 0.312. The SMILES string of the molecule is COCC(=O)Nc1ccc(NC(C)Cc2ccco2)cc1.